The second kappa shape index (κ2) is 4.61. The molecule has 0 aliphatic heterocycles. The third-order valence-corrected chi connectivity index (χ3v) is 2.95. The van der Waals surface area contributed by atoms with Gasteiger partial charge in [-0.05, 0) is 12.2 Å². The van der Waals surface area contributed by atoms with E-state index in [0.29, 0.717) is 4.77 Å². The Bertz CT molecular complexity index is 521. The molecule has 0 radical (unpaired) electrons. The summed E-state index contributed by atoms with van der Waals surface area (Å²) in [6.07, 6.45) is 5.51. The quantitative estimate of drug-likeness (QED) is 0.819. The van der Waals surface area contributed by atoms with Crippen molar-refractivity contribution in [1.82, 2.24) is 24.3 Å². The number of hydrogen-bond donors (Lipinski definition) is 1. The first-order valence-corrected chi connectivity index (χ1v) is 5.73. The second-order valence-electron chi connectivity index (χ2n) is 3.65. The first kappa shape index (κ1) is 11.1. The maximum Gasteiger partial charge on any atom is 0.195 e. The summed E-state index contributed by atoms with van der Waals surface area (Å²) in [7, 11) is 2.00. The molecule has 0 spiro atoms. The molecule has 1 N–H and O–H groups in total. The molecule has 16 heavy (non-hydrogen) atoms. The lowest BCUT2D eigenvalue weighted by atomic mass is 10.3. The number of aryl methyl sites for hydroxylation is 3. The zero-order chi connectivity index (χ0) is 11.5. The van der Waals surface area contributed by atoms with E-state index >= 15 is 0 Å². The molecule has 86 valence electrons. The Labute approximate surface area is 99.1 Å². The molecule has 5 nitrogen and oxygen atoms in total. The standard InChI is InChI=1S/C10H15N5S/c1-3-8-12-13-10(16)15(8)6-4-9-11-5-7-14(9)2/h5,7H,3-4,6H2,1-2H3,(H,13,16). The molecule has 0 unspecified atom stereocenters. The summed E-state index contributed by atoms with van der Waals surface area (Å²) in [4.78, 5) is 4.29. The predicted octanol–water partition coefficient (Wildman–Crippen LogP) is 1.48. The summed E-state index contributed by atoms with van der Waals surface area (Å²) in [5.74, 6) is 2.06. The fourth-order valence-electron chi connectivity index (χ4n) is 1.70. The Kier molecular flexibility index (Phi) is 3.19. The Morgan fingerprint density at radius 3 is 2.88 bits per heavy atom. The number of hydrogen-bond acceptors (Lipinski definition) is 3. The minimum atomic E-state index is 0.686. The predicted molar refractivity (Wildman–Crippen MR) is 63.7 cm³/mol. The van der Waals surface area contributed by atoms with Gasteiger partial charge in [0.05, 0.1) is 0 Å². The third kappa shape index (κ3) is 2.06. The maximum absolute atomic E-state index is 5.18. The van der Waals surface area contributed by atoms with Crippen LogP contribution < -0.4 is 0 Å². The molecule has 2 aromatic rings. The number of nitrogens with zero attached hydrogens (tertiary/aromatic N) is 4. The molecule has 0 aromatic carbocycles. The van der Waals surface area contributed by atoms with E-state index in [1.807, 2.05) is 28.6 Å². The highest BCUT2D eigenvalue weighted by Crippen LogP contribution is 2.03. The molecule has 2 aromatic heterocycles. The van der Waals surface area contributed by atoms with Gasteiger partial charge >= 0.3 is 0 Å². The summed E-state index contributed by atoms with van der Waals surface area (Å²) in [6.45, 7) is 2.89. The summed E-state index contributed by atoms with van der Waals surface area (Å²) in [6, 6.07) is 0. The van der Waals surface area contributed by atoms with Crippen molar-refractivity contribution in [3.63, 3.8) is 0 Å². The summed E-state index contributed by atoms with van der Waals surface area (Å²) < 4.78 is 4.74. The van der Waals surface area contributed by atoms with E-state index < -0.39 is 0 Å². The van der Waals surface area contributed by atoms with Crippen LogP contribution in [0.4, 0.5) is 0 Å². The summed E-state index contributed by atoms with van der Waals surface area (Å²) >= 11 is 5.18. The number of nitrogens with one attached hydrogen (secondary N) is 1. The highest BCUT2D eigenvalue weighted by atomic mass is 32.1. The minimum absolute atomic E-state index is 0.686. The van der Waals surface area contributed by atoms with Crippen LogP contribution in [0.25, 0.3) is 0 Å². The lowest BCUT2D eigenvalue weighted by Crippen LogP contribution is -2.08. The van der Waals surface area contributed by atoms with Crippen molar-refractivity contribution in [2.24, 2.45) is 7.05 Å². The van der Waals surface area contributed by atoms with Gasteiger partial charge in [-0.2, -0.15) is 5.10 Å². The highest BCUT2D eigenvalue weighted by molar-refractivity contribution is 7.71. The molecule has 0 saturated carbocycles. The van der Waals surface area contributed by atoms with Crippen molar-refractivity contribution in [3.8, 4) is 0 Å². The monoisotopic (exact) mass is 237 g/mol. The lowest BCUT2D eigenvalue weighted by molar-refractivity contribution is 0.618. The van der Waals surface area contributed by atoms with Crippen molar-refractivity contribution in [3.05, 3.63) is 28.8 Å². The fraction of sp³-hybridized carbons (Fsp3) is 0.500. The molecule has 0 amide bonds. The van der Waals surface area contributed by atoms with E-state index in [1.165, 1.54) is 0 Å². The van der Waals surface area contributed by atoms with Crippen LogP contribution in [0.3, 0.4) is 0 Å². The van der Waals surface area contributed by atoms with Crippen LogP contribution >= 0.6 is 12.2 Å². The van der Waals surface area contributed by atoms with E-state index in [4.69, 9.17) is 12.2 Å². The number of H-pyrrole nitrogens is 1. The molecular formula is C10H15N5S. The number of rotatable bonds is 4. The van der Waals surface area contributed by atoms with Gasteiger partial charge in [-0.3, -0.25) is 5.10 Å². The molecule has 0 saturated heterocycles. The van der Waals surface area contributed by atoms with Gasteiger partial charge in [0.1, 0.15) is 11.6 Å². The van der Waals surface area contributed by atoms with Crippen LogP contribution in [0, 0.1) is 4.77 Å². The van der Waals surface area contributed by atoms with E-state index in [0.717, 1.165) is 31.0 Å². The Hall–Kier alpha value is -1.43. The average molecular weight is 237 g/mol. The van der Waals surface area contributed by atoms with Gasteiger partial charge in [0, 0.05) is 38.8 Å². The van der Waals surface area contributed by atoms with Gasteiger partial charge in [0.25, 0.3) is 0 Å². The van der Waals surface area contributed by atoms with Crippen molar-refractivity contribution >= 4 is 12.2 Å². The number of aromatic nitrogens is 5. The van der Waals surface area contributed by atoms with Crippen LogP contribution in [0.1, 0.15) is 18.6 Å². The molecule has 2 heterocycles. The van der Waals surface area contributed by atoms with Crippen LogP contribution in [0.2, 0.25) is 0 Å². The number of imidazole rings is 1. The van der Waals surface area contributed by atoms with Crippen LogP contribution in [-0.2, 0) is 26.4 Å². The SMILES string of the molecule is CCc1n[nH]c(=S)n1CCc1nccn1C. The third-order valence-electron chi connectivity index (χ3n) is 2.63. The van der Waals surface area contributed by atoms with Crippen LogP contribution in [0.5, 0.6) is 0 Å². The van der Waals surface area contributed by atoms with Gasteiger partial charge in [-0.25, -0.2) is 4.98 Å². The smallest absolute Gasteiger partial charge is 0.195 e. The highest BCUT2D eigenvalue weighted by Gasteiger charge is 2.05. The first-order valence-electron chi connectivity index (χ1n) is 5.32. The van der Waals surface area contributed by atoms with Crippen molar-refractivity contribution in [2.45, 2.75) is 26.3 Å². The molecule has 0 aliphatic rings. The summed E-state index contributed by atoms with van der Waals surface area (Å²) in [5, 5.41) is 7.00. The molecule has 0 atom stereocenters. The van der Waals surface area contributed by atoms with Gasteiger partial charge in [0.15, 0.2) is 4.77 Å². The zero-order valence-electron chi connectivity index (χ0n) is 9.47. The normalized spacial score (nSPS) is 10.9. The molecule has 0 fully saturated rings. The van der Waals surface area contributed by atoms with E-state index in [-0.39, 0.29) is 0 Å². The Morgan fingerprint density at radius 2 is 2.25 bits per heavy atom. The zero-order valence-corrected chi connectivity index (χ0v) is 10.3. The van der Waals surface area contributed by atoms with Crippen LogP contribution in [-0.4, -0.2) is 24.3 Å². The van der Waals surface area contributed by atoms with Gasteiger partial charge in [-0.1, -0.05) is 6.92 Å². The second-order valence-corrected chi connectivity index (χ2v) is 4.04. The van der Waals surface area contributed by atoms with Crippen molar-refractivity contribution < 1.29 is 0 Å². The fourth-order valence-corrected chi connectivity index (χ4v) is 1.94. The lowest BCUT2D eigenvalue weighted by Gasteiger charge is -2.05. The maximum atomic E-state index is 5.18. The molecule has 0 aliphatic carbocycles. The summed E-state index contributed by atoms with van der Waals surface area (Å²) in [5.41, 5.74) is 0. The molecule has 2 rings (SSSR count). The molecule has 0 bridgehead atoms. The minimum Gasteiger partial charge on any atom is -0.338 e. The largest absolute Gasteiger partial charge is 0.338 e. The van der Waals surface area contributed by atoms with Gasteiger partial charge in [0.2, 0.25) is 0 Å². The van der Waals surface area contributed by atoms with E-state index in [1.54, 1.807) is 0 Å². The van der Waals surface area contributed by atoms with Crippen molar-refractivity contribution in [2.75, 3.05) is 0 Å². The first-order chi connectivity index (χ1) is 7.72. The van der Waals surface area contributed by atoms with E-state index in [9.17, 15) is 0 Å². The Morgan fingerprint density at radius 1 is 1.44 bits per heavy atom. The number of aromatic amines is 1. The average Bonchev–Trinajstić information content (AvgIpc) is 2.82. The molecule has 6 heteroatoms. The molecular weight excluding hydrogens is 222 g/mol. The van der Waals surface area contributed by atoms with E-state index in [2.05, 4.69) is 22.1 Å². The Balaban J connectivity index is 2.13. The van der Waals surface area contributed by atoms with Gasteiger partial charge in [-0.15, -0.1) is 0 Å². The van der Waals surface area contributed by atoms with Gasteiger partial charge < -0.3 is 9.13 Å². The topological polar surface area (TPSA) is 51.4 Å². The van der Waals surface area contributed by atoms with Crippen LogP contribution in [0.15, 0.2) is 12.4 Å². The van der Waals surface area contributed by atoms with Crippen molar-refractivity contribution in [1.29, 1.82) is 0 Å².